The minimum absolute atomic E-state index is 0.0952. The first kappa shape index (κ1) is 21.6. The predicted octanol–water partition coefficient (Wildman–Crippen LogP) is -0.742. The molecule has 13 heteroatoms. The first-order valence-corrected chi connectivity index (χ1v) is 12.5. The summed E-state index contributed by atoms with van der Waals surface area (Å²) in [6.07, 6.45) is 1.43. The van der Waals surface area contributed by atoms with Crippen LogP contribution in [0.25, 0.3) is 0 Å². The number of sulfonamides is 1. The SMILES string of the molecule is CC(C)c1nc(CCN(C2CN(S(=O)(=O)N3CCOCC3)C2)S(C)(=O)=O)no1. The van der Waals surface area contributed by atoms with Crippen molar-refractivity contribution in [3.8, 4) is 0 Å². The van der Waals surface area contributed by atoms with Gasteiger partial charge in [-0.15, -0.1) is 0 Å². The van der Waals surface area contributed by atoms with Gasteiger partial charge in [-0.05, 0) is 0 Å². The molecule has 0 aliphatic carbocycles. The smallest absolute Gasteiger partial charge is 0.282 e. The topological polar surface area (TPSA) is 126 Å². The maximum absolute atomic E-state index is 12.6. The summed E-state index contributed by atoms with van der Waals surface area (Å²) in [5.74, 6) is 1.04. The maximum atomic E-state index is 12.6. The Labute approximate surface area is 165 Å². The van der Waals surface area contributed by atoms with Crippen molar-refractivity contribution in [1.29, 1.82) is 0 Å². The molecule has 0 saturated carbocycles. The van der Waals surface area contributed by atoms with Gasteiger partial charge in [0.2, 0.25) is 15.9 Å². The molecule has 11 nitrogen and oxygen atoms in total. The van der Waals surface area contributed by atoms with Crippen LogP contribution in [0, 0.1) is 0 Å². The van der Waals surface area contributed by atoms with E-state index in [1.807, 2.05) is 13.8 Å². The number of rotatable bonds is 8. The summed E-state index contributed by atoms with van der Waals surface area (Å²) in [4.78, 5) is 4.26. The number of aromatic nitrogens is 2. The van der Waals surface area contributed by atoms with Gasteiger partial charge in [0, 0.05) is 45.1 Å². The Bertz CT molecular complexity index is 872. The van der Waals surface area contributed by atoms with Crippen molar-refractivity contribution in [2.24, 2.45) is 0 Å². The van der Waals surface area contributed by atoms with Crippen LogP contribution in [0.5, 0.6) is 0 Å². The second-order valence-corrected chi connectivity index (χ2v) is 11.2. The van der Waals surface area contributed by atoms with Crippen LogP contribution in [0.3, 0.4) is 0 Å². The van der Waals surface area contributed by atoms with Crippen molar-refractivity contribution >= 4 is 20.2 Å². The third-order valence-electron chi connectivity index (χ3n) is 4.82. The first-order valence-electron chi connectivity index (χ1n) is 9.21. The second kappa shape index (κ2) is 8.32. The summed E-state index contributed by atoms with van der Waals surface area (Å²) < 4.78 is 64.1. The Morgan fingerprint density at radius 1 is 1.14 bits per heavy atom. The molecule has 0 amide bonds. The molecule has 0 radical (unpaired) electrons. The second-order valence-electron chi connectivity index (χ2n) is 7.32. The van der Waals surface area contributed by atoms with Crippen molar-refractivity contribution in [1.82, 2.24) is 23.1 Å². The summed E-state index contributed by atoms with van der Waals surface area (Å²) in [7, 11) is -7.09. The van der Waals surface area contributed by atoms with Gasteiger partial charge in [0.25, 0.3) is 10.2 Å². The van der Waals surface area contributed by atoms with Crippen LogP contribution in [0.1, 0.15) is 31.5 Å². The third kappa shape index (κ3) is 4.71. The molecule has 0 bridgehead atoms. The van der Waals surface area contributed by atoms with Crippen LogP contribution in [0.4, 0.5) is 0 Å². The molecular weight excluding hydrogens is 410 g/mol. The summed E-state index contributed by atoms with van der Waals surface area (Å²) in [5, 5.41) is 3.88. The molecular formula is C15H27N5O6S2. The molecule has 0 N–H and O–H groups in total. The van der Waals surface area contributed by atoms with E-state index < -0.39 is 26.3 Å². The van der Waals surface area contributed by atoms with E-state index in [-0.39, 0.29) is 25.6 Å². The van der Waals surface area contributed by atoms with E-state index in [1.165, 1.54) is 12.9 Å². The Balaban J connectivity index is 1.61. The number of hydrogen-bond donors (Lipinski definition) is 0. The summed E-state index contributed by atoms with van der Waals surface area (Å²) in [5.41, 5.74) is 0. The Hall–Kier alpha value is -1.12. The zero-order chi connectivity index (χ0) is 20.5. The fourth-order valence-electron chi connectivity index (χ4n) is 3.16. The van der Waals surface area contributed by atoms with E-state index in [0.717, 1.165) is 6.26 Å². The molecule has 2 fully saturated rings. The van der Waals surface area contributed by atoms with Gasteiger partial charge in [0.05, 0.1) is 25.5 Å². The van der Waals surface area contributed by atoms with E-state index in [4.69, 9.17) is 9.26 Å². The van der Waals surface area contributed by atoms with Gasteiger partial charge in [0.15, 0.2) is 5.82 Å². The molecule has 28 heavy (non-hydrogen) atoms. The molecule has 3 rings (SSSR count). The lowest BCUT2D eigenvalue weighted by Crippen LogP contribution is -2.65. The third-order valence-corrected chi connectivity index (χ3v) is 8.12. The molecule has 160 valence electrons. The molecule has 1 aromatic heterocycles. The first-order chi connectivity index (χ1) is 13.1. The van der Waals surface area contributed by atoms with Crippen molar-refractivity contribution < 1.29 is 26.1 Å². The quantitative estimate of drug-likeness (QED) is 0.520. The van der Waals surface area contributed by atoms with Gasteiger partial charge in [-0.3, -0.25) is 0 Å². The van der Waals surface area contributed by atoms with Gasteiger partial charge in [-0.2, -0.15) is 26.3 Å². The highest BCUT2D eigenvalue weighted by Crippen LogP contribution is 2.24. The lowest BCUT2D eigenvalue weighted by Gasteiger charge is -2.45. The number of morpholine rings is 1. The van der Waals surface area contributed by atoms with Gasteiger partial charge >= 0.3 is 0 Å². The minimum atomic E-state index is -3.59. The van der Waals surface area contributed by atoms with Crippen LogP contribution >= 0.6 is 0 Å². The highest BCUT2D eigenvalue weighted by Gasteiger charge is 2.44. The van der Waals surface area contributed by atoms with E-state index in [0.29, 0.717) is 44.4 Å². The van der Waals surface area contributed by atoms with Crippen LogP contribution in [-0.4, -0.2) is 98.1 Å². The van der Waals surface area contributed by atoms with Crippen LogP contribution in [0.2, 0.25) is 0 Å². The van der Waals surface area contributed by atoms with Crippen LogP contribution < -0.4 is 0 Å². The molecule has 1 aromatic rings. The standard InChI is InChI=1S/C15H27N5O6S2/c1-12(2)15-16-14(17-26-15)4-5-20(27(3,21)22)13-10-19(11-13)28(23,24)18-6-8-25-9-7-18/h12-13H,4-11H2,1-3H3. The number of hydrogen-bond acceptors (Lipinski definition) is 8. The Morgan fingerprint density at radius 3 is 2.32 bits per heavy atom. The lowest BCUT2D eigenvalue weighted by atomic mass is 10.2. The van der Waals surface area contributed by atoms with Crippen molar-refractivity contribution in [3.63, 3.8) is 0 Å². The average Bonchev–Trinajstić information content (AvgIpc) is 3.05. The van der Waals surface area contributed by atoms with Gasteiger partial charge < -0.3 is 9.26 Å². The molecule has 2 aliphatic rings. The molecule has 2 aliphatic heterocycles. The van der Waals surface area contributed by atoms with Gasteiger partial charge in [0.1, 0.15) is 0 Å². The zero-order valence-electron chi connectivity index (χ0n) is 16.3. The molecule has 3 heterocycles. The predicted molar refractivity (Wildman–Crippen MR) is 100 cm³/mol. The van der Waals surface area contributed by atoms with E-state index in [1.54, 1.807) is 0 Å². The summed E-state index contributed by atoms with van der Waals surface area (Å²) in [6, 6.07) is -0.401. The van der Waals surface area contributed by atoms with Crippen LogP contribution in [0.15, 0.2) is 4.52 Å². The van der Waals surface area contributed by atoms with Crippen LogP contribution in [-0.2, 0) is 31.4 Å². The van der Waals surface area contributed by atoms with Crippen molar-refractivity contribution in [3.05, 3.63) is 11.7 Å². The monoisotopic (exact) mass is 437 g/mol. The molecule has 0 spiro atoms. The maximum Gasteiger partial charge on any atom is 0.282 e. The summed E-state index contributed by atoms with van der Waals surface area (Å²) in [6.45, 7) is 5.67. The fourth-order valence-corrected chi connectivity index (χ4v) is 5.92. The zero-order valence-corrected chi connectivity index (χ0v) is 17.9. The van der Waals surface area contributed by atoms with Crippen molar-refractivity contribution in [2.75, 3.05) is 52.2 Å². The number of nitrogens with zero attached hydrogens (tertiary/aromatic N) is 5. The minimum Gasteiger partial charge on any atom is -0.379 e. The average molecular weight is 438 g/mol. The van der Waals surface area contributed by atoms with Gasteiger partial charge in [-0.1, -0.05) is 19.0 Å². The normalized spacial score (nSPS) is 20.8. The highest BCUT2D eigenvalue weighted by molar-refractivity contribution is 7.88. The Morgan fingerprint density at radius 2 is 1.79 bits per heavy atom. The molecule has 0 atom stereocenters. The number of ether oxygens (including phenoxy) is 1. The molecule has 0 unspecified atom stereocenters. The van der Waals surface area contributed by atoms with Crippen molar-refractivity contribution in [2.45, 2.75) is 32.2 Å². The van der Waals surface area contributed by atoms with E-state index >= 15 is 0 Å². The fraction of sp³-hybridized carbons (Fsp3) is 0.867. The van der Waals surface area contributed by atoms with E-state index in [2.05, 4.69) is 10.1 Å². The summed E-state index contributed by atoms with van der Waals surface area (Å²) >= 11 is 0. The molecule has 2 saturated heterocycles. The lowest BCUT2D eigenvalue weighted by molar-refractivity contribution is 0.0652. The largest absolute Gasteiger partial charge is 0.379 e. The van der Waals surface area contributed by atoms with Gasteiger partial charge in [-0.25, -0.2) is 8.42 Å². The van der Waals surface area contributed by atoms with E-state index in [9.17, 15) is 16.8 Å². The Kier molecular flexibility index (Phi) is 6.41. The highest BCUT2D eigenvalue weighted by atomic mass is 32.2. The molecule has 0 aromatic carbocycles.